The van der Waals surface area contributed by atoms with Gasteiger partial charge in [0.2, 0.25) is 0 Å². The van der Waals surface area contributed by atoms with Crippen molar-refractivity contribution in [3.8, 4) is 0 Å². The molecule has 0 heterocycles. The van der Waals surface area contributed by atoms with Crippen molar-refractivity contribution in [2.24, 2.45) is 0 Å². The molecule has 9 heteroatoms. The Balaban J connectivity index is 2.45. The van der Waals surface area contributed by atoms with Gasteiger partial charge in [0.05, 0.1) is 50.7 Å². The number of esters is 4. The summed E-state index contributed by atoms with van der Waals surface area (Å²) < 4.78 is 18.8. The summed E-state index contributed by atoms with van der Waals surface area (Å²) in [6.45, 7) is 0. The summed E-state index contributed by atoms with van der Waals surface area (Å²) >= 11 is 1.21. The van der Waals surface area contributed by atoms with Crippen LogP contribution in [0.3, 0.4) is 0 Å². The zero-order valence-corrected chi connectivity index (χ0v) is 17.0. The van der Waals surface area contributed by atoms with Crippen LogP contribution in [0.2, 0.25) is 0 Å². The van der Waals surface area contributed by atoms with Crippen molar-refractivity contribution in [1.82, 2.24) is 0 Å². The van der Waals surface area contributed by atoms with Crippen molar-refractivity contribution in [3.63, 3.8) is 0 Å². The van der Waals surface area contributed by atoms with E-state index in [-0.39, 0.29) is 22.3 Å². The van der Waals surface area contributed by atoms with E-state index >= 15 is 0 Å². The third-order valence-electron chi connectivity index (χ3n) is 3.84. The maximum Gasteiger partial charge on any atom is 0.338 e. The molecule has 0 saturated heterocycles. The number of methoxy groups -OCH3 is 4. The Bertz CT molecular complexity index is 889. The van der Waals surface area contributed by atoms with Crippen LogP contribution in [0.15, 0.2) is 46.2 Å². The van der Waals surface area contributed by atoms with Crippen molar-refractivity contribution in [1.29, 1.82) is 0 Å². The number of rotatable bonds is 6. The van der Waals surface area contributed by atoms with Crippen LogP contribution >= 0.6 is 11.8 Å². The molecular formula is C20H18O8S. The molecule has 0 unspecified atom stereocenters. The Hall–Kier alpha value is -3.33. The van der Waals surface area contributed by atoms with Crippen LogP contribution in [0, 0.1) is 0 Å². The van der Waals surface area contributed by atoms with Crippen LogP contribution < -0.4 is 0 Å². The van der Waals surface area contributed by atoms with Gasteiger partial charge in [-0.2, -0.15) is 0 Å². The standard InChI is InChI=1S/C20H18O8S/c1-25-17(21)13-7-5-11(9-15(13)19(23)27-3)29-12-6-8-14(18(22)26-2)16(10-12)20(24)28-4/h5-10H,1-4H3. The average molecular weight is 418 g/mol. The summed E-state index contributed by atoms with van der Waals surface area (Å²) in [5.41, 5.74) is 0.229. The van der Waals surface area contributed by atoms with E-state index in [4.69, 9.17) is 9.47 Å². The van der Waals surface area contributed by atoms with Crippen molar-refractivity contribution < 1.29 is 38.1 Å². The summed E-state index contributed by atoms with van der Waals surface area (Å²) in [5, 5.41) is 0. The predicted octanol–water partition coefficient (Wildman–Crippen LogP) is 2.98. The van der Waals surface area contributed by atoms with Crippen LogP contribution in [-0.2, 0) is 18.9 Å². The van der Waals surface area contributed by atoms with Crippen LogP contribution in [-0.4, -0.2) is 52.3 Å². The van der Waals surface area contributed by atoms with Gasteiger partial charge in [0.15, 0.2) is 0 Å². The highest BCUT2D eigenvalue weighted by Gasteiger charge is 2.21. The fraction of sp³-hybridized carbons (Fsp3) is 0.200. The van der Waals surface area contributed by atoms with Gasteiger partial charge in [0.25, 0.3) is 0 Å². The first-order chi connectivity index (χ1) is 13.9. The molecule has 0 amide bonds. The topological polar surface area (TPSA) is 105 Å². The zero-order valence-electron chi connectivity index (χ0n) is 16.1. The number of hydrogen-bond donors (Lipinski definition) is 0. The normalized spacial score (nSPS) is 10.1. The second kappa shape index (κ2) is 9.74. The van der Waals surface area contributed by atoms with E-state index in [0.29, 0.717) is 9.79 Å². The molecule has 2 aromatic carbocycles. The monoisotopic (exact) mass is 418 g/mol. The lowest BCUT2D eigenvalue weighted by Crippen LogP contribution is -2.12. The van der Waals surface area contributed by atoms with E-state index in [1.807, 2.05) is 0 Å². The molecule has 0 bridgehead atoms. The lowest BCUT2D eigenvalue weighted by molar-refractivity contribution is 0.0555. The highest BCUT2D eigenvalue weighted by atomic mass is 32.2. The summed E-state index contributed by atoms with van der Waals surface area (Å²) in [7, 11) is 4.83. The van der Waals surface area contributed by atoms with E-state index in [1.165, 1.54) is 64.5 Å². The second-order valence-electron chi connectivity index (χ2n) is 5.48. The minimum absolute atomic E-state index is 0.0451. The third-order valence-corrected chi connectivity index (χ3v) is 4.82. The Morgan fingerprint density at radius 3 is 1.17 bits per heavy atom. The minimum atomic E-state index is -0.691. The van der Waals surface area contributed by atoms with Gasteiger partial charge in [-0.15, -0.1) is 0 Å². The molecule has 2 rings (SSSR count). The largest absolute Gasteiger partial charge is 0.465 e. The first-order valence-electron chi connectivity index (χ1n) is 8.15. The smallest absolute Gasteiger partial charge is 0.338 e. The lowest BCUT2D eigenvalue weighted by atomic mass is 10.1. The van der Waals surface area contributed by atoms with Gasteiger partial charge in [-0.05, 0) is 36.4 Å². The van der Waals surface area contributed by atoms with E-state index in [1.54, 1.807) is 12.1 Å². The van der Waals surface area contributed by atoms with Gasteiger partial charge in [-0.3, -0.25) is 0 Å². The van der Waals surface area contributed by atoms with E-state index in [2.05, 4.69) is 9.47 Å². The average Bonchev–Trinajstić information content (AvgIpc) is 2.76. The molecule has 0 spiro atoms. The molecule has 29 heavy (non-hydrogen) atoms. The molecule has 152 valence electrons. The van der Waals surface area contributed by atoms with Gasteiger partial charge < -0.3 is 18.9 Å². The second-order valence-corrected chi connectivity index (χ2v) is 6.63. The van der Waals surface area contributed by atoms with Crippen molar-refractivity contribution in [3.05, 3.63) is 58.7 Å². The fourth-order valence-corrected chi connectivity index (χ4v) is 3.34. The molecule has 8 nitrogen and oxygen atoms in total. The minimum Gasteiger partial charge on any atom is -0.465 e. The van der Waals surface area contributed by atoms with Crippen LogP contribution in [0.25, 0.3) is 0 Å². The van der Waals surface area contributed by atoms with Gasteiger partial charge in [0, 0.05) is 9.79 Å². The van der Waals surface area contributed by atoms with Crippen molar-refractivity contribution in [2.75, 3.05) is 28.4 Å². The molecule has 0 aromatic heterocycles. The first kappa shape index (κ1) is 22.0. The first-order valence-corrected chi connectivity index (χ1v) is 8.97. The Kier molecular flexibility index (Phi) is 7.38. The summed E-state index contributed by atoms with van der Waals surface area (Å²) in [6, 6.07) is 9.10. The molecule has 0 fully saturated rings. The number of carbonyl (C=O) groups is 4. The molecule has 0 N–H and O–H groups in total. The van der Waals surface area contributed by atoms with Crippen LogP contribution in [0.1, 0.15) is 41.4 Å². The Morgan fingerprint density at radius 1 is 0.552 bits per heavy atom. The molecule has 0 atom stereocenters. The summed E-state index contributed by atoms with van der Waals surface area (Å²) in [4.78, 5) is 49.0. The van der Waals surface area contributed by atoms with Crippen LogP contribution in [0.4, 0.5) is 0 Å². The molecule has 0 aliphatic rings. The van der Waals surface area contributed by atoms with Gasteiger partial charge in [0.1, 0.15) is 0 Å². The van der Waals surface area contributed by atoms with Gasteiger partial charge >= 0.3 is 23.9 Å². The zero-order chi connectivity index (χ0) is 21.6. The maximum absolute atomic E-state index is 12.0. The van der Waals surface area contributed by atoms with Crippen molar-refractivity contribution in [2.45, 2.75) is 9.79 Å². The summed E-state index contributed by atoms with van der Waals surface area (Å²) in [5.74, 6) is -2.72. The number of carbonyl (C=O) groups excluding carboxylic acids is 4. The molecule has 0 aliphatic carbocycles. The molecular weight excluding hydrogens is 400 g/mol. The third kappa shape index (κ3) is 4.94. The van der Waals surface area contributed by atoms with E-state index in [9.17, 15) is 19.2 Å². The number of hydrogen-bond acceptors (Lipinski definition) is 9. The molecule has 0 radical (unpaired) electrons. The van der Waals surface area contributed by atoms with Crippen molar-refractivity contribution >= 4 is 35.6 Å². The number of ether oxygens (including phenoxy) is 4. The summed E-state index contributed by atoms with van der Waals surface area (Å²) in [6.07, 6.45) is 0. The molecule has 2 aromatic rings. The van der Waals surface area contributed by atoms with E-state index in [0.717, 1.165) is 0 Å². The Labute approximate surface area is 171 Å². The maximum atomic E-state index is 12.0. The fourth-order valence-electron chi connectivity index (χ4n) is 2.44. The highest BCUT2D eigenvalue weighted by molar-refractivity contribution is 7.99. The van der Waals surface area contributed by atoms with Gasteiger partial charge in [-0.25, -0.2) is 19.2 Å². The molecule has 0 saturated carbocycles. The molecule has 0 aliphatic heterocycles. The van der Waals surface area contributed by atoms with Crippen LogP contribution in [0.5, 0.6) is 0 Å². The SMILES string of the molecule is COC(=O)c1ccc(Sc2ccc(C(=O)OC)c(C(=O)OC)c2)cc1C(=O)OC. The Morgan fingerprint density at radius 2 is 0.862 bits per heavy atom. The van der Waals surface area contributed by atoms with E-state index < -0.39 is 23.9 Å². The lowest BCUT2D eigenvalue weighted by Gasteiger charge is -2.11. The quantitative estimate of drug-likeness (QED) is 0.517. The highest BCUT2D eigenvalue weighted by Crippen LogP contribution is 2.31. The van der Waals surface area contributed by atoms with Gasteiger partial charge in [-0.1, -0.05) is 11.8 Å². The predicted molar refractivity (Wildman–Crippen MR) is 102 cm³/mol. The number of benzene rings is 2.